The van der Waals surface area contributed by atoms with Crippen molar-refractivity contribution in [1.82, 2.24) is 14.5 Å². The van der Waals surface area contributed by atoms with Crippen LogP contribution in [-0.2, 0) is 24.2 Å². The van der Waals surface area contributed by atoms with E-state index in [1.165, 1.54) is 36.1 Å². The molecule has 5 rings (SSSR count). The van der Waals surface area contributed by atoms with Gasteiger partial charge in [-0.1, -0.05) is 26.2 Å². The number of carbonyl (C=O) groups is 1. The summed E-state index contributed by atoms with van der Waals surface area (Å²) in [6.45, 7) is 4.11. The van der Waals surface area contributed by atoms with Crippen molar-refractivity contribution in [2.45, 2.75) is 64.8 Å². The highest BCUT2D eigenvalue weighted by molar-refractivity contribution is 7.18. The van der Waals surface area contributed by atoms with Gasteiger partial charge in [-0.2, -0.15) is 0 Å². The van der Waals surface area contributed by atoms with Gasteiger partial charge >= 0.3 is 0 Å². The van der Waals surface area contributed by atoms with Crippen LogP contribution in [0.25, 0.3) is 10.2 Å². The Hall–Kier alpha value is -1.69. The second kappa shape index (κ2) is 7.29. The van der Waals surface area contributed by atoms with E-state index in [1.54, 1.807) is 22.2 Å². The maximum Gasteiger partial charge on any atom is 0.262 e. The van der Waals surface area contributed by atoms with E-state index < -0.39 is 0 Å². The zero-order valence-electron chi connectivity index (χ0n) is 16.7. The van der Waals surface area contributed by atoms with Crippen molar-refractivity contribution < 1.29 is 4.79 Å². The third kappa shape index (κ3) is 3.19. The summed E-state index contributed by atoms with van der Waals surface area (Å²) in [7, 11) is 0. The van der Waals surface area contributed by atoms with Crippen LogP contribution in [0.3, 0.4) is 0 Å². The molecule has 0 spiro atoms. The third-order valence-corrected chi connectivity index (χ3v) is 8.39. The number of nitrogens with zero attached hydrogens (tertiary/aromatic N) is 3. The number of fused-ring (bicyclic) bond motifs is 4. The largest absolute Gasteiger partial charge is 0.341 e. The van der Waals surface area contributed by atoms with Crippen LogP contribution in [0.1, 0.15) is 55.9 Å². The molecule has 1 aliphatic heterocycles. The fourth-order valence-electron chi connectivity index (χ4n) is 5.55. The summed E-state index contributed by atoms with van der Waals surface area (Å²) >= 11 is 1.67. The van der Waals surface area contributed by atoms with Crippen molar-refractivity contribution in [3.05, 3.63) is 27.1 Å². The average molecular weight is 400 g/mol. The van der Waals surface area contributed by atoms with Crippen molar-refractivity contribution in [2.24, 2.45) is 17.8 Å². The van der Waals surface area contributed by atoms with E-state index in [0.29, 0.717) is 11.8 Å². The fraction of sp³-hybridized carbons (Fsp3) is 0.682. The minimum atomic E-state index is -0.0297. The molecule has 5 nitrogen and oxygen atoms in total. The minimum Gasteiger partial charge on any atom is -0.341 e. The Bertz CT molecular complexity index is 963. The zero-order chi connectivity index (χ0) is 19.3. The number of thiophene rings is 1. The predicted molar refractivity (Wildman–Crippen MR) is 112 cm³/mol. The molecule has 1 saturated heterocycles. The van der Waals surface area contributed by atoms with E-state index in [-0.39, 0.29) is 18.0 Å². The fourth-order valence-corrected chi connectivity index (χ4v) is 6.89. The second-order valence-corrected chi connectivity index (χ2v) is 10.2. The third-order valence-electron chi connectivity index (χ3n) is 7.23. The lowest BCUT2D eigenvalue weighted by atomic mass is 9.75. The number of hydrogen-bond donors (Lipinski definition) is 0. The highest BCUT2D eigenvalue weighted by Crippen LogP contribution is 2.37. The first-order chi connectivity index (χ1) is 13.6. The number of aryl methyl sites for hydroxylation is 1. The Labute approximate surface area is 169 Å². The number of rotatable bonds is 2. The van der Waals surface area contributed by atoms with Gasteiger partial charge in [0.2, 0.25) is 5.91 Å². The zero-order valence-corrected chi connectivity index (χ0v) is 17.5. The summed E-state index contributed by atoms with van der Waals surface area (Å²) in [5.74, 6) is 2.21. The van der Waals surface area contributed by atoms with Crippen LogP contribution in [0, 0.1) is 17.8 Å². The molecule has 1 amide bonds. The summed E-state index contributed by atoms with van der Waals surface area (Å²) in [6, 6.07) is 0. The molecule has 2 aliphatic carbocycles. The molecule has 6 heteroatoms. The van der Waals surface area contributed by atoms with Gasteiger partial charge in [-0.05, 0) is 55.4 Å². The van der Waals surface area contributed by atoms with Crippen LogP contribution in [0.15, 0.2) is 11.1 Å². The van der Waals surface area contributed by atoms with Crippen LogP contribution in [-0.4, -0.2) is 33.4 Å². The molecule has 3 atom stereocenters. The van der Waals surface area contributed by atoms with Crippen LogP contribution in [0.5, 0.6) is 0 Å². The van der Waals surface area contributed by atoms with Gasteiger partial charge in [0.05, 0.1) is 11.7 Å². The topological polar surface area (TPSA) is 55.2 Å². The summed E-state index contributed by atoms with van der Waals surface area (Å²) in [5, 5.41) is 0.771. The van der Waals surface area contributed by atoms with Crippen molar-refractivity contribution in [3.63, 3.8) is 0 Å². The van der Waals surface area contributed by atoms with Crippen LogP contribution >= 0.6 is 11.3 Å². The first-order valence-corrected chi connectivity index (χ1v) is 11.7. The lowest BCUT2D eigenvalue weighted by Crippen LogP contribution is -2.46. The molecule has 2 aromatic rings. The summed E-state index contributed by atoms with van der Waals surface area (Å²) < 4.78 is 1.54. The van der Waals surface area contributed by atoms with E-state index in [4.69, 9.17) is 0 Å². The standard InChI is InChI=1S/C22H29N3O2S/c1-14-6-7-17-18(10-14)28-21-20(17)22(27)25(13-23-21)12-19(26)24-9-8-15-4-2-3-5-16(15)11-24/h13-16H,2-12H2,1H3/t14-,15+,16+/m0/s1. The van der Waals surface area contributed by atoms with E-state index in [1.807, 2.05) is 4.90 Å². The number of hydrogen-bond acceptors (Lipinski definition) is 4. The van der Waals surface area contributed by atoms with Gasteiger partial charge in [0, 0.05) is 18.0 Å². The highest BCUT2D eigenvalue weighted by atomic mass is 32.1. The number of carbonyl (C=O) groups excluding carboxylic acids is 1. The summed E-state index contributed by atoms with van der Waals surface area (Å²) in [6.07, 6.45) is 11.1. The number of likely N-dealkylation sites (tertiary alicyclic amines) is 1. The van der Waals surface area contributed by atoms with Crippen molar-refractivity contribution in [3.8, 4) is 0 Å². The van der Waals surface area contributed by atoms with Gasteiger partial charge in [0.25, 0.3) is 5.56 Å². The van der Waals surface area contributed by atoms with Gasteiger partial charge in [-0.15, -0.1) is 11.3 Å². The predicted octanol–water partition coefficient (Wildman–Crippen LogP) is 3.62. The summed E-state index contributed by atoms with van der Waals surface area (Å²) in [4.78, 5) is 34.8. The molecule has 0 radical (unpaired) electrons. The molecule has 0 unspecified atom stereocenters. The number of aromatic nitrogens is 2. The Morgan fingerprint density at radius 2 is 2.04 bits per heavy atom. The monoisotopic (exact) mass is 399 g/mol. The quantitative estimate of drug-likeness (QED) is 0.775. The lowest BCUT2D eigenvalue weighted by molar-refractivity contribution is -0.135. The van der Waals surface area contributed by atoms with E-state index in [0.717, 1.165) is 54.9 Å². The highest BCUT2D eigenvalue weighted by Gasteiger charge is 2.33. The molecular formula is C22H29N3O2S. The Balaban J connectivity index is 1.37. The molecule has 2 fully saturated rings. The Kier molecular flexibility index (Phi) is 4.77. The molecular weight excluding hydrogens is 370 g/mol. The SMILES string of the molecule is C[C@H]1CCc2c(sc3ncn(CC(=O)N4CC[C@H]5CCCC[C@@H]5C4)c(=O)c23)C1. The van der Waals surface area contributed by atoms with Crippen LogP contribution in [0.4, 0.5) is 0 Å². The van der Waals surface area contributed by atoms with Crippen molar-refractivity contribution >= 4 is 27.5 Å². The van der Waals surface area contributed by atoms with E-state index in [2.05, 4.69) is 11.9 Å². The number of piperidine rings is 1. The number of amides is 1. The van der Waals surface area contributed by atoms with Gasteiger partial charge in [-0.25, -0.2) is 4.98 Å². The van der Waals surface area contributed by atoms with Gasteiger partial charge < -0.3 is 4.90 Å². The van der Waals surface area contributed by atoms with Crippen molar-refractivity contribution in [2.75, 3.05) is 13.1 Å². The van der Waals surface area contributed by atoms with E-state index >= 15 is 0 Å². The Morgan fingerprint density at radius 1 is 1.21 bits per heavy atom. The molecule has 3 heterocycles. The normalized spacial score (nSPS) is 27.5. The van der Waals surface area contributed by atoms with Gasteiger partial charge in [0.1, 0.15) is 11.4 Å². The smallest absolute Gasteiger partial charge is 0.262 e. The molecule has 150 valence electrons. The van der Waals surface area contributed by atoms with Crippen LogP contribution < -0.4 is 5.56 Å². The van der Waals surface area contributed by atoms with Crippen molar-refractivity contribution in [1.29, 1.82) is 0 Å². The van der Waals surface area contributed by atoms with E-state index in [9.17, 15) is 9.59 Å². The summed E-state index contributed by atoms with van der Waals surface area (Å²) in [5.41, 5.74) is 1.17. The molecule has 1 saturated carbocycles. The molecule has 0 aromatic carbocycles. The first kappa shape index (κ1) is 18.3. The molecule has 2 aromatic heterocycles. The maximum absolute atomic E-state index is 13.1. The molecule has 28 heavy (non-hydrogen) atoms. The first-order valence-electron chi connectivity index (χ1n) is 10.9. The van der Waals surface area contributed by atoms with Crippen LogP contribution in [0.2, 0.25) is 0 Å². The second-order valence-electron chi connectivity index (χ2n) is 9.14. The van der Waals surface area contributed by atoms with Gasteiger partial charge in [0.15, 0.2) is 0 Å². The molecule has 0 N–H and O–H groups in total. The average Bonchev–Trinajstić information content (AvgIpc) is 3.07. The molecule has 3 aliphatic rings. The Morgan fingerprint density at radius 3 is 2.89 bits per heavy atom. The maximum atomic E-state index is 13.1. The minimum absolute atomic E-state index is 0.0297. The van der Waals surface area contributed by atoms with Gasteiger partial charge in [-0.3, -0.25) is 14.2 Å². The lowest BCUT2D eigenvalue weighted by Gasteiger charge is -2.41. The molecule has 0 bridgehead atoms.